The Morgan fingerprint density at radius 2 is 1.36 bits per heavy atom. The molecule has 0 bridgehead atoms. The number of hydrogen-bond acceptors (Lipinski definition) is 6. The van der Waals surface area contributed by atoms with Crippen LogP contribution in [0.3, 0.4) is 0 Å². The second-order valence-electron chi connectivity index (χ2n) is 4.42. The number of nitrogens with two attached hydrogens (primary N) is 1. The van der Waals surface area contributed by atoms with Crippen LogP contribution in [0.2, 0.25) is 0 Å². The number of likely N-dealkylation sites (N-methyl/N-ethyl adjacent to an activating group) is 2. The van der Waals surface area contributed by atoms with Crippen molar-refractivity contribution < 1.29 is 94.5 Å². The van der Waals surface area contributed by atoms with Crippen molar-refractivity contribution in [1.82, 2.24) is 9.80 Å². The molecule has 2 rings (SSSR count). The third-order valence-corrected chi connectivity index (χ3v) is 2.72. The van der Waals surface area contributed by atoms with Crippen molar-refractivity contribution in [3.05, 3.63) is 10.4 Å². The van der Waals surface area contributed by atoms with Gasteiger partial charge in [0.05, 0.1) is 19.6 Å². The van der Waals surface area contributed by atoms with E-state index in [1.807, 2.05) is 27.7 Å². The Kier molecular flexibility index (Phi) is 41.4. The number of azide groups is 1. The van der Waals surface area contributed by atoms with Gasteiger partial charge in [0.15, 0.2) is 0 Å². The molecule has 0 aromatic heterocycles. The third kappa shape index (κ3) is 18.4. The number of carbonyl (C=O) groups excluding carboxylic acids is 2. The monoisotopic (exact) mass is 458 g/mol. The zero-order chi connectivity index (χ0) is 19.1. The van der Waals surface area contributed by atoms with Crippen molar-refractivity contribution in [2.24, 2.45) is 10.8 Å². The first kappa shape index (κ1) is 42.4. The van der Waals surface area contributed by atoms with Crippen LogP contribution in [-0.2, 0) is 9.47 Å². The summed E-state index contributed by atoms with van der Waals surface area (Å²) in [6.07, 6.45) is -1.00. The van der Waals surface area contributed by atoms with Gasteiger partial charge in [0.1, 0.15) is 12.2 Å². The molecule has 2 aliphatic heterocycles. The van der Waals surface area contributed by atoms with Gasteiger partial charge in [0.25, 0.3) is 0 Å². The van der Waals surface area contributed by atoms with Crippen LogP contribution >= 0.6 is 0 Å². The SMILES string of the molecule is C.C.CC.CC.CN1CC(CN)OC1=O.CN1CC(CN=[N+]=[N-])OC1=O.[Ar].[Ar]. The topological polar surface area (TPSA) is 134 Å². The van der Waals surface area contributed by atoms with Gasteiger partial charge in [-0.15, -0.1) is 0 Å². The molecule has 0 aromatic carbocycles. The Hall–Kier alpha value is 0.329. The summed E-state index contributed by atoms with van der Waals surface area (Å²) in [5, 5.41) is 3.30. The van der Waals surface area contributed by atoms with Crippen LogP contribution in [0.15, 0.2) is 5.11 Å². The minimum atomic E-state index is -0.358. The molecule has 28 heavy (non-hydrogen) atoms. The Morgan fingerprint density at radius 3 is 1.57 bits per heavy atom. The first-order valence-electron chi connectivity index (χ1n) is 8.02. The van der Waals surface area contributed by atoms with Crippen LogP contribution < -0.4 is 5.73 Å². The number of carbonyl (C=O) groups is 2. The summed E-state index contributed by atoms with van der Waals surface area (Å²) in [6.45, 7) is 9.75. The van der Waals surface area contributed by atoms with Gasteiger partial charge in [-0.2, -0.15) is 0 Å². The average Bonchev–Trinajstić information content (AvgIpc) is 3.11. The number of nitrogens with zero attached hydrogens (tertiary/aromatic N) is 5. The zero-order valence-corrected chi connectivity index (χ0v) is 17.6. The van der Waals surface area contributed by atoms with E-state index in [1.165, 1.54) is 9.80 Å². The van der Waals surface area contributed by atoms with Gasteiger partial charge in [-0.25, -0.2) is 9.59 Å². The number of cyclic esters (lactones) is 2. The van der Waals surface area contributed by atoms with Gasteiger partial charge in [-0.1, -0.05) is 47.7 Å². The molecule has 2 saturated heterocycles. The van der Waals surface area contributed by atoms with E-state index in [2.05, 4.69) is 10.0 Å². The number of hydrogen-bond donors (Lipinski definition) is 1. The van der Waals surface area contributed by atoms with Crippen molar-refractivity contribution in [2.45, 2.75) is 54.8 Å². The molecule has 0 radical (unpaired) electrons. The fourth-order valence-corrected chi connectivity index (χ4v) is 1.64. The summed E-state index contributed by atoms with van der Waals surface area (Å²) in [7, 11) is 3.33. The van der Waals surface area contributed by atoms with Gasteiger partial charge in [-0.3, -0.25) is 0 Å². The maximum absolute atomic E-state index is 10.7. The van der Waals surface area contributed by atoms with E-state index in [-0.39, 0.29) is 121 Å². The molecule has 172 valence electrons. The molecule has 0 aliphatic carbocycles. The van der Waals surface area contributed by atoms with E-state index in [9.17, 15) is 9.59 Å². The van der Waals surface area contributed by atoms with E-state index in [0.717, 1.165) is 0 Å². The minimum absolute atomic E-state index is 0. The predicted molar refractivity (Wildman–Crippen MR) is 105 cm³/mol. The van der Waals surface area contributed by atoms with Gasteiger partial charge in [0.2, 0.25) is 0 Å². The Labute approximate surface area is 230 Å². The molecule has 0 saturated carbocycles. The molecule has 12 heteroatoms. The summed E-state index contributed by atoms with van der Waals surface area (Å²) >= 11 is 0. The van der Waals surface area contributed by atoms with Crippen LogP contribution in [0.5, 0.6) is 0 Å². The fourth-order valence-electron chi connectivity index (χ4n) is 1.64. The number of ether oxygens (including phenoxy) is 2. The minimum Gasteiger partial charge on any atom is -0.444 e. The first-order chi connectivity index (χ1) is 11.5. The molecule has 0 spiro atoms. The first-order valence-corrected chi connectivity index (χ1v) is 8.02. The smallest absolute Gasteiger partial charge is 0.410 e. The van der Waals surface area contributed by atoms with Crippen molar-refractivity contribution >= 4 is 12.2 Å². The van der Waals surface area contributed by atoms with E-state index in [1.54, 1.807) is 14.1 Å². The van der Waals surface area contributed by atoms with E-state index in [4.69, 9.17) is 20.7 Å². The quantitative estimate of drug-likeness (QED) is 0.393. The molecular formula is C16H38Ar2N6O4. The summed E-state index contributed by atoms with van der Waals surface area (Å²) in [4.78, 5) is 26.8. The van der Waals surface area contributed by atoms with E-state index in [0.29, 0.717) is 19.6 Å². The summed E-state index contributed by atoms with van der Waals surface area (Å²) < 4.78 is 9.58. The molecule has 2 N–H and O–H groups in total. The molecule has 2 fully saturated rings. The summed E-state index contributed by atoms with van der Waals surface area (Å²) in [5.74, 6) is 0. The van der Waals surface area contributed by atoms with Gasteiger partial charge < -0.3 is 25.0 Å². The molecular weight excluding hydrogens is 420 g/mol. The third-order valence-electron chi connectivity index (χ3n) is 2.72. The zero-order valence-electron chi connectivity index (χ0n) is 16.1. The number of amides is 2. The van der Waals surface area contributed by atoms with Crippen molar-refractivity contribution in [3.8, 4) is 0 Å². The Morgan fingerprint density at radius 1 is 1.00 bits per heavy atom. The van der Waals surface area contributed by atoms with Crippen molar-refractivity contribution in [3.63, 3.8) is 0 Å². The Balaban J connectivity index is -0.0000000659. The fraction of sp³-hybridized carbons (Fsp3) is 0.875. The van der Waals surface area contributed by atoms with Crippen molar-refractivity contribution in [2.75, 3.05) is 40.3 Å². The second-order valence-corrected chi connectivity index (χ2v) is 4.42. The largest absolute Gasteiger partial charge is 0.444 e. The maximum atomic E-state index is 10.7. The van der Waals surface area contributed by atoms with E-state index < -0.39 is 0 Å². The summed E-state index contributed by atoms with van der Waals surface area (Å²) in [5.41, 5.74) is 13.2. The van der Waals surface area contributed by atoms with Gasteiger partial charge >= 0.3 is 12.2 Å². The molecule has 0 aromatic rings. The van der Waals surface area contributed by atoms with Crippen LogP contribution in [0.4, 0.5) is 9.59 Å². The number of rotatable bonds is 3. The van der Waals surface area contributed by atoms with Crippen LogP contribution in [0.1, 0.15) is 42.5 Å². The average molecular weight is 458 g/mol. The predicted octanol–water partition coefficient (Wildman–Crippen LogP) is 3.47. The maximum Gasteiger partial charge on any atom is 0.410 e. The molecule has 2 atom stereocenters. The normalized spacial score (nSPS) is 18.0. The summed E-state index contributed by atoms with van der Waals surface area (Å²) in [6, 6.07) is 0. The Bertz CT molecular complexity index is 424. The van der Waals surface area contributed by atoms with Crippen LogP contribution in [0.25, 0.3) is 10.4 Å². The van der Waals surface area contributed by atoms with Gasteiger partial charge in [0, 0.05) is 101 Å². The molecule has 10 nitrogen and oxygen atoms in total. The standard InChI is InChI=1S/C5H8N4O2.C5H10N2O2.2C2H6.2CH4.2Ar/c1-9-3-4(2-7-8-6)11-5(9)10;1-7-3-4(2-6)9-5(7)8;2*1-2;;;;/h4H,2-3H2,1H3;4H,2-3,6H2,1H3;2*1-2H3;2*1H4;;. The van der Waals surface area contributed by atoms with Crippen LogP contribution in [-0.4, -0.2) is 74.5 Å². The second kappa shape index (κ2) is 27.3. The van der Waals surface area contributed by atoms with Gasteiger partial charge in [-0.05, 0) is 5.53 Å². The molecule has 2 heterocycles. The molecule has 2 unspecified atom stereocenters. The molecule has 2 aliphatic rings. The molecule has 2 amide bonds. The van der Waals surface area contributed by atoms with Crippen LogP contribution in [0, 0.1) is 75.5 Å². The van der Waals surface area contributed by atoms with Crippen molar-refractivity contribution in [1.29, 1.82) is 0 Å². The van der Waals surface area contributed by atoms with E-state index >= 15 is 0 Å².